The van der Waals surface area contributed by atoms with Crippen molar-refractivity contribution >= 4 is 54.6 Å². The number of hydrogen-bond acceptors (Lipinski definition) is 5. The second-order valence-electron chi connectivity index (χ2n) is 10.1. The predicted molar refractivity (Wildman–Crippen MR) is 168 cm³/mol. The van der Waals surface area contributed by atoms with Crippen LogP contribution < -0.4 is 0 Å². The van der Waals surface area contributed by atoms with Gasteiger partial charge in [-0.15, -0.1) is 0 Å². The SMILES string of the molecule is [2H]c1c([2H])c([2H])c(-c2nc(-c3ccc4c(c3)oc3ccccc34)nc(-c3ccc4c(c3)oc3cc5ccccc5cc34)n2)c([2H])c1[2H]. The van der Waals surface area contributed by atoms with Crippen molar-refractivity contribution in [1.29, 1.82) is 0 Å². The molecule has 9 rings (SSSR count). The lowest BCUT2D eigenvalue weighted by atomic mass is 10.1. The molecular weight excluding hydrogens is 518 g/mol. The van der Waals surface area contributed by atoms with E-state index >= 15 is 0 Å². The second-order valence-corrected chi connectivity index (χ2v) is 10.1. The molecule has 0 unspecified atom stereocenters. The average Bonchev–Trinajstić information content (AvgIpc) is 3.65. The van der Waals surface area contributed by atoms with Crippen molar-refractivity contribution < 1.29 is 15.7 Å². The molecule has 3 heterocycles. The zero-order valence-electron chi connectivity index (χ0n) is 26.9. The number of aromatic nitrogens is 3. The van der Waals surface area contributed by atoms with Gasteiger partial charge in [0.25, 0.3) is 0 Å². The Morgan fingerprint density at radius 3 is 1.67 bits per heavy atom. The van der Waals surface area contributed by atoms with Crippen LogP contribution in [-0.4, -0.2) is 15.0 Å². The molecule has 0 fully saturated rings. The number of rotatable bonds is 3. The molecule has 196 valence electrons. The Labute approximate surface area is 246 Å². The van der Waals surface area contributed by atoms with Gasteiger partial charge in [0.15, 0.2) is 17.5 Å². The van der Waals surface area contributed by atoms with Crippen molar-refractivity contribution in [3.05, 3.63) is 127 Å². The van der Waals surface area contributed by atoms with E-state index in [4.69, 9.17) is 20.7 Å². The van der Waals surface area contributed by atoms with Crippen LogP contribution in [0.1, 0.15) is 6.85 Å². The Hall–Kier alpha value is -5.81. The maximum atomic E-state index is 8.62. The van der Waals surface area contributed by atoms with Crippen LogP contribution in [0.25, 0.3) is 88.8 Å². The molecule has 0 saturated carbocycles. The van der Waals surface area contributed by atoms with Gasteiger partial charge < -0.3 is 8.83 Å². The third kappa shape index (κ3) is 3.61. The molecule has 0 aliphatic rings. The summed E-state index contributed by atoms with van der Waals surface area (Å²) in [7, 11) is 0. The molecule has 5 heteroatoms. The summed E-state index contributed by atoms with van der Waals surface area (Å²) in [5.74, 6) is 0.479. The number of nitrogens with zero attached hydrogens (tertiary/aromatic N) is 3. The summed E-state index contributed by atoms with van der Waals surface area (Å²) in [5, 5.41) is 6.03. The number of benzene rings is 6. The van der Waals surface area contributed by atoms with Gasteiger partial charge in [-0.2, -0.15) is 0 Å². The molecule has 0 aliphatic heterocycles. The molecule has 0 amide bonds. The summed E-state index contributed by atoms with van der Waals surface area (Å²) in [6, 6.07) is 29.2. The van der Waals surface area contributed by atoms with E-state index in [9.17, 15) is 0 Å². The fourth-order valence-electron chi connectivity index (χ4n) is 5.57. The molecule has 0 atom stereocenters. The minimum atomic E-state index is -0.489. The molecule has 0 radical (unpaired) electrons. The van der Waals surface area contributed by atoms with Crippen molar-refractivity contribution in [2.75, 3.05) is 0 Å². The highest BCUT2D eigenvalue weighted by molar-refractivity contribution is 6.10. The molecule has 0 bridgehead atoms. The van der Waals surface area contributed by atoms with E-state index < -0.39 is 30.2 Å². The molecule has 9 aromatic rings. The lowest BCUT2D eigenvalue weighted by molar-refractivity contribution is 0.669. The molecule has 0 saturated heterocycles. The highest BCUT2D eigenvalue weighted by Crippen LogP contribution is 2.36. The molecule has 0 aliphatic carbocycles. The predicted octanol–water partition coefficient (Wildman–Crippen LogP) is 9.82. The van der Waals surface area contributed by atoms with Crippen molar-refractivity contribution in [2.45, 2.75) is 0 Å². The van der Waals surface area contributed by atoms with Gasteiger partial charge in [-0.1, -0.05) is 84.8 Å². The Morgan fingerprint density at radius 2 is 0.952 bits per heavy atom. The minimum Gasteiger partial charge on any atom is -0.456 e. The van der Waals surface area contributed by atoms with E-state index in [1.165, 1.54) is 0 Å². The second kappa shape index (κ2) is 8.85. The lowest BCUT2D eigenvalue weighted by Gasteiger charge is -2.08. The molecular formula is C37H21N3O2. The van der Waals surface area contributed by atoms with Crippen LogP contribution in [-0.2, 0) is 0 Å². The van der Waals surface area contributed by atoms with Crippen LogP contribution in [0.15, 0.2) is 136 Å². The van der Waals surface area contributed by atoms with E-state index in [1.54, 1.807) is 0 Å². The maximum absolute atomic E-state index is 8.62. The minimum absolute atomic E-state index is 0.0392. The lowest BCUT2D eigenvalue weighted by Crippen LogP contribution is -2.00. The quantitative estimate of drug-likeness (QED) is 0.221. The zero-order valence-corrected chi connectivity index (χ0v) is 21.9. The molecule has 6 aromatic carbocycles. The summed E-state index contributed by atoms with van der Waals surface area (Å²) in [5.41, 5.74) is 3.92. The molecule has 3 aromatic heterocycles. The molecule has 0 spiro atoms. The van der Waals surface area contributed by atoms with E-state index in [0.717, 1.165) is 43.5 Å². The van der Waals surface area contributed by atoms with Crippen LogP contribution in [0.4, 0.5) is 0 Å². The standard InChI is InChI=1S/C37H21N3O2/c1-2-8-22(9-3-1)35-38-36(25-14-16-28-27-12-6-7-13-31(27)41-32(28)20-25)40-37(39-35)26-15-17-29-30-18-23-10-4-5-11-24(23)19-34(30)42-33(29)21-26/h1-21H/i1D,2D,3D,8D,9D. The summed E-state index contributed by atoms with van der Waals surface area (Å²) in [6.07, 6.45) is 0. The first-order chi connectivity index (χ1) is 22.8. The van der Waals surface area contributed by atoms with Gasteiger partial charge in [-0.05, 0) is 53.2 Å². The summed E-state index contributed by atoms with van der Waals surface area (Å²) in [4.78, 5) is 14.2. The monoisotopic (exact) mass is 544 g/mol. The maximum Gasteiger partial charge on any atom is 0.164 e. The van der Waals surface area contributed by atoms with Crippen molar-refractivity contribution in [3.63, 3.8) is 0 Å². The molecule has 42 heavy (non-hydrogen) atoms. The van der Waals surface area contributed by atoms with Gasteiger partial charge in [0, 0.05) is 38.2 Å². The van der Waals surface area contributed by atoms with Gasteiger partial charge in [0.2, 0.25) is 0 Å². The highest BCUT2D eigenvalue weighted by Gasteiger charge is 2.16. The number of fused-ring (bicyclic) bond motifs is 7. The first kappa shape index (κ1) is 18.5. The van der Waals surface area contributed by atoms with E-state index in [-0.39, 0.29) is 23.0 Å². The summed E-state index contributed by atoms with van der Waals surface area (Å²) < 4.78 is 54.2. The summed E-state index contributed by atoms with van der Waals surface area (Å²) in [6.45, 7) is 0. The van der Waals surface area contributed by atoms with Crippen molar-refractivity contribution in [1.82, 2.24) is 15.0 Å². The van der Waals surface area contributed by atoms with Gasteiger partial charge >= 0.3 is 0 Å². The zero-order chi connectivity index (χ0) is 32.0. The Balaban J connectivity index is 1.27. The first-order valence-electron chi connectivity index (χ1n) is 15.9. The normalized spacial score (nSPS) is 13.5. The highest BCUT2D eigenvalue weighted by atomic mass is 16.3. The van der Waals surface area contributed by atoms with Gasteiger partial charge in [-0.3, -0.25) is 0 Å². The van der Waals surface area contributed by atoms with E-state index in [1.807, 2.05) is 84.9 Å². The van der Waals surface area contributed by atoms with Gasteiger partial charge in [-0.25, -0.2) is 15.0 Å². The smallest absolute Gasteiger partial charge is 0.164 e. The average molecular weight is 545 g/mol. The molecule has 5 nitrogen and oxygen atoms in total. The van der Waals surface area contributed by atoms with Crippen molar-refractivity contribution in [3.8, 4) is 34.2 Å². The Kier molecular flexibility index (Phi) is 3.90. The van der Waals surface area contributed by atoms with Crippen LogP contribution >= 0.6 is 0 Å². The third-order valence-electron chi connectivity index (χ3n) is 7.59. The molecule has 0 N–H and O–H groups in total. The van der Waals surface area contributed by atoms with Crippen LogP contribution in [0, 0.1) is 0 Å². The first-order valence-corrected chi connectivity index (χ1v) is 13.4. The Morgan fingerprint density at radius 1 is 0.429 bits per heavy atom. The van der Waals surface area contributed by atoms with Crippen LogP contribution in [0.3, 0.4) is 0 Å². The fraction of sp³-hybridized carbons (Fsp3) is 0. The van der Waals surface area contributed by atoms with Crippen LogP contribution in [0.2, 0.25) is 0 Å². The van der Waals surface area contributed by atoms with E-state index in [2.05, 4.69) is 22.1 Å². The number of para-hydroxylation sites is 1. The van der Waals surface area contributed by atoms with Gasteiger partial charge in [0.05, 0.1) is 6.85 Å². The topological polar surface area (TPSA) is 65.0 Å². The fourth-order valence-corrected chi connectivity index (χ4v) is 5.57. The summed E-state index contributed by atoms with van der Waals surface area (Å²) >= 11 is 0. The van der Waals surface area contributed by atoms with Gasteiger partial charge in [0.1, 0.15) is 22.3 Å². The largest absolute Gasteiger partial charge is 0.456 e. The van der Waals surface area contributed by atoms with Crippen LogP contribution in [0.5, 0.6) is 0 Å². The Bertz CT molecular complexity index is 2740. The van der Waals surface area contributed by atoms with Crippen molar-refractivity contribution in [2.24, 2.45) is 0 Å². The third-order valence-corrected chi connectivity index (χ3v) is 7.59. The number of furan rings is 2. The number of hydrogen-bond donors (Lipinski definition) is 0. The van der Waals surface area contributed by atoms with E-state index in [0.29, 0.717) is 22.3 Å².